The van der Waals surface area contributed by atoms with Crippen molar-refractivity contribution >= 4 is 11.7 Å². The molecule has 0 spiro atoms. The molecular weight excluding hydrogens is 436 g/mol. The van der Waals surface area contributed by atoms with Crippen LogP contribution in [0, 0.1) is 11.8 Å². The number of aromatic nitrogens is 1. The minimum absolute atomic E-state index is 0.0465. The summed E-state index contributed by atoms with van der Waals surface area (Å²) in [5.41, 5.74) is 2.33. The van der Waals surface area contributed by atoms with E-state index in [2.05, 4.69) is 39.5 Å². The number of aryl methyl sites for hydroxylation is 1. The van der Waals surface area contributed by atoms with Crippen LogP contribution in [0.25, 0.3) is 0 Å². The number of nitrogens with zero attached hydrogens (tertiary/aromatic N) is 2. The van der Waals surface area contributed by atoms with Gasteiger partial charge in [0.05, 0.1) is 24.6 Å². The third-order valence-corrected chi connectivity index (χ3v) is 6.88. The molecule has 1 aromatic heterocycles. The standard InChI is InChI=1S/C27H35F2N3O2/c1-18(2)31-26(33)19(3)22-8-6-20(7-9-22)4-5-21-12-13-32(16-21)25-11-10-24(15-30-25)34-17-23-14-27(23,28)29/h6-11,15,18-19,21,23H,4-5,12-14,16-17H2,1-3H3,(H,31,33)/t19?,21-,23?/m1/s1. The lowest BCUT2D eigenvalue weighted by molar-refractivity contribution is -0.122. The number of alkyl halides is 2. The Balaban J connectivity index is 1.21. The number of benzene rings is 1. The molecular formula is C27H35F2N3O2. The van der Waals surface area contributed by atoms with E-state index in [-0.39, 0.29) is 30.9 Å². The van der Waals surface area contributed by atoms with Crippen molar-refractivity contribution in [3.8, 4) is 5.75 Å². The Morgan fingerprint density at radius 3 is 2.56 bits per heavy atom. The Bertz CT molecular complexity index is 963. The van der Waals surface area contributed by atoms with Crippen molar-refractivity contribution in [2.24, 2.45) is 11.8 Å². The number of nitrogens with one attached hydrogen (secondary N) is 1. The quantitative estimate of drug-likeness (QED) is 0.517. The fourth-order valence-corrected chi connectivity index (χ4v) is 4.47. The van der Waals surface area contributed by atoms with Gasteiger partial charge in [-0.3, -0.25) is 4.79 Å². The molecule has 2 aromatic rings. The Morgan fingerprint density at radius 2 is 1.94 bits per heavy atom. The van der Waals surface area contributed by atoms with Gasteiger partial charge in [0, 0.05) is 25.6 Å². The fraction of sp³-hybridized carbons (Fsp3) is 0.556. The largest absolute Gasteiger partial charge is 0.491 e. The van der Waals surface area contributed by atoms with E-state index in [0.29, 0.717) is 11.7 Å². The Labute approximate surface area is 200 Å². The maximum Gasteiger partial charge on any atom is 0.255 e. The number of pyridine rings is 1. The van der Waals surface area contributed by atoms with Gasteiger partial charge in [-0.15, -0.1) is 0 Å². The van der Waals surface area contributed by atoms with E-state index in [1.165, 1.54) is 5.56 Å². The SMILES string of the molecule is CC(C)NC(=O)C(C)c1ccc(CC[C@@H]2CCN(c3ccc(OCC4CC4(F)F)cn3)C2)cc1. The zero-order valence-corrected chi connectivity index (χ0v) is 20.3. The van der Waals surface area contributed by atoms with E-state index in [0.717, 1.165) is 43.7 Å². The first kappa shape index (κ1) is 24.4. The Hall–Kier alpha value is -2.70. The van der Waals surface area contributed by atoms with Gasteiger partial charge >= 0.3 is 0 Å². The number of hydrogen-bond acceptors (Lipinski definition) is 4. The van der Waals surface area contributed by atoms with Crippen LogP contribution in [0.1, 0.15) is 57.1 Å². The van der Waals surface area contributed by atoms with Crippen molar-refractivity contribution in [1.29, 1.82) is 0 Å². The lowest BCUT2D eigenvalue weighted by Crippen LogP contribution is -2.33. The number of hydrogen-bond donors (Lipinski definition) is 1. The lowest BCUT2D eigenvalue weighted by Gasteiger charge is -2.18. The highest BCUT2D eigenvalue weighted by Gasteiger charge is 2.57. The highest BCUT2D eigenvalue weighted by Crippen LogP contribution is 2.48. The smallest absolute Gasteiger partial charge is 0.255 e. The van der Waals surface area contributed by atoms with Crippen LogP contribution in [0.3, 0.4) is 0 Å². The molecule has 1 amide bonds. The van der Waals surface area contributed by atoms with Crippen LogP contribution >= 0.6 is 0 Å². The van der Waals surface area contributed by atoms with Gasteiger partial charge in [-0.25, -0.2) is 13.8 Å². The van der Waals surface area contributed by atoms with E-state index in [1.807, 2.05) is 32.9 Å². The average molecular weight is 472 g/mol. The summed E-state index contributed by atoms with van der Waals surface area (Å²) in [6, 6.07) is 12.3. The fourth-order valence-electron chi connectivity index (χ4n) is 4.47. The molecule has 0 radical (unpaired) electrons. The molecule has 1 aliphatic heterocycles. The van der Waals surface area contributed by atoms with E-state index < -0.39 is 11.8 Å². The zero-order chi connectivity index (χ0) is 24.3. The summed E-state index contributed by atoms with van der Waals surface area (Å²) in [5, 5.41) is 2.97. The molecule has 0 bridgehead atoms. The van der Waals surface area contributed by atoms with Crippen molar-refractivity contribution in [3.05, 3.63) is 53.7 Å². The summed E-state index contributed by atoms with van der Waals surface area (Å²) in [6.45, 7) is 7.86. The molecule has 2 aliphatic rings. The van der Waals surface area contributed by atoms with Gasteiger partial charge in [0.1, 0.15) is 11.6 Å². The van der Waals surface area contributed by atoms with Crippen LogP contribution in [0.5, 0.6) is 5.75 Å². The summed E-state index contributed by atoms with van der Waals surface area (Å²) in [4.78, 5) is 19.0. The number of anilines is 1. The van der Waals surface area contributed by atoms with Crippen LogP contribution in [0.4, 0.5) is 14.6 Å². The van der Waals surface area contributed by atoms with Gasteiger partial charge < -0.3 is 15.0 Å². The van der Waals surface area contributed by atoms with Gasteiger partial charge in [0.15, 0.2) is 0 Å². The molecule has 2 unspecified atom stereocenters. The Kier molecular flexibility index (Phi) is 7.39. The number of ether oxygens (including phenoxy) is 1. The van der Waals surface area contributed by atoms with E-state index in [1.54, 1.807) is 6.20 Å². The normalized spacial score (nSPS) is 22.0. The molecule has 2 fully saturated rings. The molecule has 1 saturated carbocycles. The first-order valence-corrected chi connectivity index (χ1v) is 12.3. The molecule has 1 saturated heterocycles. The van der Waals surface area contributed by atoms with Crippen LogP contribution in [0.15, 0.2) is 42.6 Å². The first-order chi connectivity index (χ1) is 16.2. The second kappa shape index (κ2) is 10.3. The zero-order valence-electron chi connectivity index (χ0n) is 20.3. The van der Waals surface area contributed by atoms with Crippen LogP contribution in [-0.2, 0) is 11.2 Å². The highest BCUT2D eigenvalue weighted by molar-refractivity contribution is 5.83. The van der Waals surface area contributed by atoms with Crippen molar-refractivity contribution in [2.45, 2.75) is 64.3 Å². The van der Waals surface area contributed by atoms with E-state index >= 15 is 0 Å². The number of amides is 1. The summed E-state index contributed by atoms with van der Waals surface area (Å²) >= 11 is 0. The summed E-state index contributed by atoms with van der Waals surface area (Å²) in [5.74, 6) is -1.25. The molecule has 1 N–H and O–H groups in total. The van der Waals surface area contributed by atoms with Crippen molar-refractivity contribution in [2.75, 3.05) is 24.6 Å². The second-order valence-electron chi connectivity index (χ2n) is 10.1. The van der Waals surface area contributed by atoms with Crippen molar-refractivity contribution in [1.82, 2.24) is 10.3 Å². The van der Waals surface area contributed by atoms with Crippen LogP contribution in [-0.4, -0.2) is 42.6 Å². The predicted octanol–water partition coefficient (Wildman–Crippen LogP) is 5.20. The maximum absolute atomic E-state index is 13.0. The van der Waals surface area contributed by atoms with E-state index in [9.17, 15) is 13.6 Å². The molecule has 2 heterocycles. The molecule has 5 nitrogen and oxygen atoms in total. The van der Waals surface area contributed by atoms with Gasteiger partial charge in [0.2, 0.25) is 5.91 Å². The maximum atomic E-state index is 13.0. The van der Waals surface area contributed by atoms with Crippen LogP contribution in [0.2, 0.25) is 0 Å². The van der Waals surface area contributed by atoms with E-state index in [4.69, 9.17) is 4.74 Å². The first-order valence-electron chi connectivity index (χ1n) is 12.3. The van der Waals surface area contributed by atoms with Crippen molar-refractivity contribution in [3.63, 3.8) is 0 Å². The van der Waals surface area contributed by atoms with Gasteiger partial charge in [0.25, 0.3) is 5.92 Å². The predicted molar refractivity (Wildman–Crippen MR) is 130 cm³/mol. The molecule has 1 aliphatic carbocycles. The molecule has 3 atom stereocenters. The second-order valence-corrected chi connectivity index (χ2v) is 10.1. The van der Waals surface area contributed by atoms with Gasteiger partial charge in [-0.05, 0) is 69.2 Å². The van der Waals surface area contributed by atoms with Crippen molar-refractivity contribution < 1.29 is 18.3 Å². The number of rotatable bonds is 10. The monoisotopic (exact) mass is 471 g/mol. The third kappa shape index (κ3) is 6.24. The van der Waals surface area contributed by atoms with Gasteiger partial charge in [-0.1, -0.05) is 24.3 Å². The molecule has 4 rings (SSSR count). The Morgan fingerprint density at radius 1 is 1.21 bits per heavy atom. The minimum atomic E-state index is -2.55. The molecule has 184 valence electrons. The topological polar surface area (TPSA) is 54.5 Å². The molecule has 1 aromatic carbocycles. The number of halogens is 2. The van der Waals surface area contributed by atoms with Crippen LogP contribution < -0.4 is 15.0 Å². The highest BCUT2D eigenvalue weighted by atomic mass is 19.3. The third-order valence-electron chi connectivity index (χ3n) is 6.88. The minimum Gasteiger partial charge on any atom is -0.491 e. The molecule has 34 heavy (non-hydrogen) atoms. The molecule has 7 heteroatoms. The lowest BCUT2D eigenvalue weighted by atomic mass is 9.95. The summed E-state index contributed by atoms with van der Waals surface area (Å²) < 4.78 is 31.4. The summed E-state index contributed by atoms with van der Waals surface area (Å²) in [6.07, 6.45) is 4.80. The van der Waals surface area contributed by atoms with Gasteiger partial charge in [-0.2, -0.15) is 0 Å². The average Bonchev–Trinajstić information content (AvgIpc) is 3.19. The summed E-state index contributed by atoms with van der Waals surface area (Å²) in [7, 11) is 0. The number of carbonyl (C=O) groups is 1. The number of carbonyl (C=O) groups excluding carboxylic acids is 1.